The second-order valence-electron chi connectivity index (χ2n) is 7.01. The highest BCUT2D eigenvalue weighted by Crippen LogP contribution is 2.37. The molecule has 6 nitrogen and oxygen atoms in total. The van der Waals surface area contributed by atoms with Gasteiger partial charge in [0.25, 0.3) is 5.91 Å². The Labute approximate surface area is 157 Å². The van der Waals surface area contributed by atoms with Crippen LogP contribution in [0.5, 0.6) is 0 Å². The first kappa shape index (κ1) is 19.2. The van der Waals surface area contributed by atoms with Crippen molar-refractivity contribution in [2.24, 2.45) is 0 Å². The molecule has 6 atom stereocenters. The molecule has 2 heterocycles. The lowest BCUT2D eigenvalue weighted by atomic mass is 9.98. The van der Waals surface area contributed by atoms with E-state index in [1.165, 1.54) is 4.31 Å². The fourth-order valence-corrected chi connectivity index (χ4v) is 5.48. The molecular formula is C19H27N3O3S. The number of aliphatic hydroxyl groups excluding tert-OH is 1. The molecule has 0 saturated carbocycles. The third-order valence-corrected chi connectivity index (χ3v) is 6.97. The molecule has 1 aromatic rings. The topological polar surface area (TPSA) is 64.1 Å². The van der Waals surface area contributed by atoms with E-state index in [1.807, 2.05) is 80.4 Å². The fraction of sp³-hybridized carbons (Fsp3) is 0.526. The molecule has 0 radical (unpaired) electrons. The van der Waals surface area contributed by atoms with Crippen LogP contribution in [0, 0.1) is 0 Å². The average molecular weight is 378 g/mol. The van der Waals surface area contributed by atoms with Crippen molar-refractivity contribution in [1.29, 1.82) is 0 Å². The molecule has 2 aliphatic heterocycles. The maximum absolute atomic E-state index is 13.3. The normalized spacial score (nSPS) is 31.3. The Morgan fingerprint density at radius 1 is 1.23 bits per heavy atom. The molecule has 26 heavy (non-hydrogen) atoms. The zero-order valence-corrected chi connectivity index (χ0v) is 16.5. The van der Waals surface area contributed by atoms with Gasteiger partial charge in [-0.3, -0.25) is 9.10 Å². The van der Waals surface area contributed by atoms with Crippen LogP contribution in [0.2, 0.25) is 0 Å². The molecule has 0 bridgehead atoms. The van der Waals surface area contributed by atoms with Gasteiger partial charge in [0, 0.05) is 14.1 Å². The number of rotatable bonds is 5. The lowest BCUT2D eigenvalue weighted by molar-refractivity contribution is -0.144. The number of amides is 1. The minimum Gasteiger partial charge on any atom is -0.391 e. The average Bonchev–Trinajstić information content (AvgIpc) is 2.91. The monoisotopic (exact) mass is 377 g/mol. The quantitative estimate of drug-likeness (QED) is 0.788. The van der Waals surface area contributed by atoms with Crippen molar-refractivity contribution in [3.05, 3.63) is 48.0 Å². The van der Waals surface area contributed by atoms with Gasteiger partial charge in [-0.1, -0.05) is 49.4 Å². The van der Waals surface area contributed by atoms with Crippen molar-refractivity contribution in [3.8, 4) is 0 Å². The summed E-state index contributed by atoms with van der Waals surface area (Å²) in [5.41, 5.74) is 0.957. The molecule has 1 fully saturated rings. The van der Waals surface area contributed by atoms with E-state index in [0.29, 0.717) is 6.42 Å². The maximum Gasteiger partial charge on any atom is 0.255 e. The molecule has 1 saturated heterocycles. The van der Waals surface area contributed by atoms with Crippen LogP contribution in [0.1, 0.15) is 31.9 Å². The largest absolute Gasteiger partial charge is 0.391 e. The third-order valence-electron chi connectivity index (χ3n) is 5.20. The molecule has 0 aromatic heterocycles. The van der Waals surface area contributed by atoms with Gasteiger partial charge in [-0.25, -0.2) is 14.2 Å². The lowest BCUT2D eigenvalue weighted by Crippen LogP contribution is -2.61. The third kappa shape index (κ3) is 3.13. The van der Waals surface area contributed by atoms with Gasteiger partial charge in [0.05, 0.1) is 23.4 Å². The van der Waals surface area contributed by atoms with Crippen LogP contribution in [-0.4, -0.2) is 67.1 Å². The zero-order chi connectivity index (χ0) is 19.0. The molecule has 7 heteroatoms. The van der Waals surface area contributed by atoms with E-state index < -0.39 is 28.4 Å². The Morgan fingerprint density at radius 3 is 2.46 bits per heavy atom. The second-order valence-corrected chi connectivity index (χ2v) is 8.50. The van der Waals surface area contributed by atoms with Crippen molar-refractivity contribution in [2.45, 2.75) is 49.7 Å². The Bertz CT molecular complexity index is 709. The molecule has 0 spiro atoms. The molecule has 1 aromatic carbocycles. The summed E-state index contributed by atoms with van der Waals surface area (Å²) >= 11 is 0. The number of hydrazine groups is 1. The van der Waals surface area contributed by atoms with Crippen molar-refractivity contribution >= 4 is 16.9 Å². The SMILES string of the molecule is CC[C@H](O)[C@@H]1C=C[C@H]2[C@H](C(=O)N([C@H](C)c3ccccc3)S2=O)N1N(C)C. The summed E-state index contributed by atoms with van der Waals surface area (Å²) in [5.74, 6) is -0.156. The van der Waals surface area contributed by atoms with Crippen LogP contribution in [0.15, 0.2) is 42.5 Å². The summed E-state index contributed by atoms with van der Waals surface area (Å²) in [4.78, 5) is 13.3. The lowest BCUT2D eigenvalue weighted by Gasteiger charge is -2.43. The van der Waals surface area contributed by atoms with E-state index >= 15 is 0 Å². The van der Waals surface area contributed by atoms with Crippen LogP contribution in [-0.2, 0) is 15.8 Å². The van der Waals surface area contributed by atoms with Crippen molar-refractivity contribution in [3.63, 3.8) is 0 Å². The van der Waals surface area contributed by atoms with Crippen LogP contribution in [0.3, 0.4) is 0 Å². The Kier molecular flexibility index (Phi) is 5.62. The number of aliphatic hydroxyl groups is 1. The van der Waals surface area contributed by atoms with E-state index in [2.05, 4.69) is 0 Å². The number of hydrogen-bond donors (Lipinski definition) is 1. The molecule has 1 unspecified atom stereocenters. The van der Waals surface area contributed by atoms with Gasteiger partial charge in [-0.2, -0.15) is 0 Å². The van der Waals surface area contributed by atoms with Crippen molar-refractivity contribution in [2.75, 3.05) is 14.1 Å². The maximum atomic E-state index is 13.3. The van der Waals surface area contributed by atoms with Gasteiger partial charge >= 0.3 is 0 Å². The summed E-state index contributed by atoms with van der Waals surface area (Å²) in [6, 6.07) is 8.51. The summed E-state index contributed by atoms with van der Waals surface area (Å²) < 4.78 is 14.6. The number of carbonyl (C=O) groups excluding carboxylic acids is 1. The first-order valence-corrected chi connectivity index (χ1v) is 10.2. The van der Waals surface area contributed by atoms with Crippen molar-refractivity contribution < 1.29 is 14.1 Å². The molecule has 142 valence electrons. The molecule has 2 aliphatic rings. The highest BCUT2D eigenvalue weighted by molar-refractivity contribution is 7.84. The summed E-state index contributed by atoms with van der Waals surface area (Å²) in [6.45, 7) is 3.82. The molecular weight excluding hydrogens is 350 g/mol. The standard InChI is InChI=1S/C19H27N3O3S/c1-5-16(23)15-11-12-17-18(21(15)20(3)4)19(24)22(26(17)25)13(2)14-9-7-6-8-10-14/h6-13,15-18,23H,5H2,1-4H3/t13-,15+,16+,17+,18-,26?/m1/s1. The van der Waals surface area contributed by atoms with Crippen molar-refractivity contribution in [1.82, 2.24) is 14.3 Å². The van der Waals surface area contributed by atoms with Crippen LogP contribution in [0.4, 0.5) is 0 Å². The number of benzene rings is 1. The summed E-state index contributed by atoms with van der Waals surface area (Å²) in [7, 11) is 2.25. The number of hydrogen-bond acceptors (Lipinski definition) is 5. The van der Waals surface area contributed by atoms with E-state index in [9.17, 15) is 14.1 Å². The van der Waals surface area contributed by atoms with Gasteiger partial charge in [0.15, 0.2) is 0 Å². The summed E-state index contributed by atoms with van der Waals surface area (Å²) in [5, 5.41) is 13.7. The fourth-order valence-electron chi connectivity index (χ4n) is 3.81. The number of nitrogens with zero attached hydrogens (tertiary/aromatic N) is 3. The van der Waals surface area contributed by atoms with Gasteiger partial charge in [0.2, 0.25) is 0 Å². The molecule has 1 N–H and O–H groups in total. The van der Waals surface area contributed by atoms with Crippen LogP contribution in [0.25, 0.3) is 0 Å². The van der Waals surface area contributed by atoms with E-state index in [1.54, 1.807) is 0 Å². The van der Waals surface area contributed by atoms with Crippen LogP contribution >= 0.6 is 0 Å². The number of fused-ring (bicyclic) bond motifs is 1. The van der Waals surface area contributed by atoms with E-state index in [0.717, 1.165) is 5.56 Å². The predicted molar refractivity (Wildman–Crippen MR) is 102 cm³/mol. The minimum absolute atomic E-state index is 0.156. The molecule has 1 amide bonds. The zero-order valence-electron chi connectivity index (χ0n) is 15.6. The Balaban J connectivity index is 1.96. The van der Waals surface area contributed by atoms with Crippen LogP contribution < -0.4 is 0 Å². The van der Waals surface area contributed by atoms with Gasteiger partial charge < -0.3 is 5.11 Å². The first-order chi connectivity index (χ1) is 12.4. The number of carbonyl (C=O) groups is 1. The van der Waals surface area contributed by atoms with E-state index in [-0.39, 0.29) is 18.0 Å². The van der Waals surface area contributed by atoms with Gasteiger partial charge in [-0.05, 0) is 18.9 Å². The minimum atomic E-state index is -1.46. The first-order valence-electron chi connectivity index (χ1n) is 8.99. The Morgan fingerprint density at radius 2 is 1.88 bits per heavy atom. The molecule has 3 rings (SSSR count). The predicted octanol–water partition coefficient (Wildman–Crippen LogP) is 1.48. The highest BCUT2D eigenvalue weighted by Gasteiger charge is 2.54. The Hall–Kier alpha value is -1.54. The smallest absolute Gasteiger partial charge is 0.255 e. The van der Waals surface area contributed by atoms with Gasteiger partial charge in [0.1, 0.15) is 17.0 Å². The van der Waals surface area contributed by atoms with E-state index in [4.69, 9.17) is 0 Å². The summed E-state index contributed by atoms with van der Waals surface area (Å²) in [6.07, 6.45) is 3.73. The highest BCUT2D eigenvalue weighted by atomic mass is 32.2. The van der Waals surface area contributed by atoms with Gasteiger partial charge in [-0.15, -0.1) is 0 Å². The molecule has 0 aliphatic carbocycles. The second kappa shape index (κ2) is 7.60.